The Morgan fingerprint density at radius 2 is 2.05 bits per heavy atom. The van der Waals surface area contributed by atoms with Gasteiger partial charge >= 0.3 is 0 Å². The zero-order chi connectivity index (χ0) is 15.9. The van der Waals surface area contributed by atoms with Crippen LogP contribution in [0.15, 0.2) is 29.4 Å². The van der Waals surface area contributed by atoms with Crippen molar-refractivity contribution in [2.45, 2.75) is 24.3 Å². The summed E-state index contributed by atoms with van der Waals surface area (Å²) in [5, 5.41) is 8.28. The largest absolute Gasteiger partial charge is 0.248 e. The molecule has 0 radical (unpaired) electrons. The predicted molar refractivity (Wildman–Crippen MR) is 83.6 cm³/mol. The van der Waals surface area contributed by atoms with E-state index in [1.165, 1.54) is 16.4 Å². The van der Waals surface area contributed by atoms with Gasteiger partial charge in [-0.3, -0.25) is 0 Å². The lowest BCUT2D eigenvalue weighted by Crippen LogP contribution is -2.29. The predicted octanol–water partition coefficient (Wildman–Crippen LogP) is 2.53. The molecule has 0 saturated carbocycles. The summed E-state index contributed by atoms with van der Waals surface area (Å²) >= 11 is 12.1. The molecule has 118 valence electrons. The van der Waals surface area contributed by atoms with Crippen molar-refractivity contribution in [3.63, 3.8) is 0 Å². The zero-order valence-corrected chi connectivity index (χ0v) is 14.1. The van der Waals surface area contributed by atoms with Crippen LogP contribution >= 0.6 is 23.2 Å². The summed E-state index contributed by atoms with van der Waals surface area (Å²) in [5.74, 6) is 0. The van der Waals surface area contributed by atoms with Crippen molar-refractivity contribution in [2.75, 3.05) is 13.1 Å². The first-order valence-electron chi connectivity index (χ1n) is 6.71. The number of halogens is 2. The molecule has 6 nitrogen and oxygen atoms in total. The van der Waals surface area contributed by atoms with Gasteiger partial charge in [-0.2, -0.15) is 4.31 Å². The van der Waals surface area contributed by atoms with Crippen LogP contribution < -0.4 is 0 Å². The molecular formula is C13H14Cl2N4O2S. The number of sulfonamides is 1. The third kappa shape index (κ3) is 2.74. The minimum absolute atomic E-state index is 0.00977. The van der Waals surface area contributed by atoms with Crippen molar-refractivity contribution in [3.8, 4) is 0 Å². The van der Waals surface area contributed by atoms with Gasteiger partial charge in [-0.25, -0.2) is 13.1 Å². The molecule has 1 aromatic carbocycles. The van der Waals surface area contributed by atoms with E-state index in [0.717, 1.165) is 0 Å². The van der Waals surface area contributed by atoms with Crippen molar-refractivity contribution in [1.29, 1.82) is 0 Å². The van der Waals surface area contributed by atoms with E-state index in [1.807, 2.05) is 0 Å². The van der Waals surface area contributed by atoms with Crippen LogP contribution in [-0.4, -0.2) is 40.8 Å². The maximum absolute atomic E-state index is 12.8. The molecule has 2 aromatic rings. The van der Waals surface area contributed by atoms with Crippen LogP contribution in [0.25, 0.3) is 0 Å². The minimum atomic E-state index is -3.65. The fraction of sp³-hybridized carbons (Fsp3) is 0.385. The highest BCUT2D eigenvalue weighted by molar-refractivity contribution is 7.89. The first-order chi connectivity index (χ1) is 10.4. The molecule has 0 bridgehead atoms. The van der Waals surface area contributed by atoms with Gasteiger partial charge in [0, 0.05) is 24.3 Å². The summed E-state index contributed by atoms with van der Waals surface area (Å²) in [6.07, 6.45) is 4.00. The summed E-state index contributed by atoms with van der Waals surface area (Å²) in [6.45, 7) is 2.52. The molecule has 2 heterocycles. The molecule has 1 unspecified atom stereocenters. The van der Waals surface area contributed by atoms with Crippen LogP contribution in [0.5, 0.6) is 0 Å². The molecule has 1 aliphatic heterocycles. The number of hydrogen-bond donors (Lipinski definition) is 0. The lowest BCUT2D eigenvalue weighted by molar-refractivity contribution is 0.428. The molecule has 1 atom stereocenters. The second kappa shape index (κ2) is 5.81. The van der Waals surface area contributed by atoms with Crippen LogP contribution in [0.1, 0.15) is 18.0 Å². The van der Waals surface area contributed by atoms with Gasteiger partial charge in [0.05, 0.1) is 17.3 Å². The average molecular weight is 361 g/mol. The number of benzene rings is 1. The molecule has 0 amide bonds. The molecule has 1 fully saturated rings. The fourth-order valence-corrected chi connectivity index (χ4v) is 4.82. The Bertz CT molecular complexity index is 793. The van der Waals surface area contributed by atoms with Crippen molar-refractivity contribution in [1.82, 2.24) is 19.3 Å². The third-order valence-corrected chi connectivity index (χ3v) is 6.51. The number of rotatable bonds is 3. The molecular weight excluding hydrogens is 347 g/mol. The Labute approximate surface area is 138 Å². The topological polar surface area (TPSA) is 68.1 Å². The highest BCUT2D eigenvalue weighted by atomic mass is 35.5. The lowest BCUT2D eigenvalue weighted by Gasteiger charge is -2.18. The van der Waals surface area contributed by atoms with Gasteiger partial charge in [0.15, 0.2) is 0 Å². The summed E-state index contributed by atoms with van der Waals surface area (Å²) in [7, 11) is -3.65. The van der Waals surface area contributed by atoms with E-state index in [0.29, 0.717) is 30.1 Å². The number of hydrogen-bond acceptors (Lipinski definition) is 4. The highest BCUT2D eigenvalue weighted by Crippen LogP contribution is 2.33. The Kier molecular flexibility index (Phi) is 4.15. The lowest BCUT2D eigenvalue weighted by atomic mass is 10.2. The Hall–Kier alpha value is -1.15. The van der Waals surface area contributed by atoms with Crippen molar-refractivity contribution in [2.24, 2.45) is 0 Å². The summed E-state index contributed by atoms with van der Waals surface area (Å²) in [5.41, 5.74) is 0.677. The Balaban J connectivity index is 1.90. The van der Waals surface area contributed by atoms with Gasteiger partial charge in [0.25, 0.3) is 0 Å². The van der Waals surface area contributed by atoms with Crippen molar-refractivity contribution >= 4 is 33.2 Å². The zero-order valence-electron chi connectivity index (χ0n) is 11.8. The van der Waals surface area contributed by atoms with E-state index in [-0.39, 0.29) is 16.0 Å². The Morgan fingerprint density at radius 3 is 2.73 bits per heavy atom. The minimum Gasteiger partial charge on any atom is -0.248 e. The van der Waals surface area contributed by atoms with Crippen LogP contribution in [0.4, 0.5) is 0 Å². The van der Waals surface area contributed by atoms with E-state index in [1.54, 1.807) is 24.0 Å². The van der Waals surface area contributed by atoms with E-state index < -0.39 is 10.0 Å². The summed E-state index contributed by atoms with van der Waals surface area (Å²) in [6, 6.07) is 2.98. The number of aromatic nitrogens is 3. The SMILES string of the molecule is Cc1cc(S(=O)(=O)N2CCC(n3ccnn3)C2)c(Cl)cc1Cl. The monoisotopic (exact) mass is 360 g/mol. The van der Waals surface area contributed by atoms with Gasteiger partial charge in [0.1, 0.15) is 4.90 Å². The normalized spacial score (nSPS) is 19.7. The third-order valence-electron chi connectivity index (χ3n) is 3.77. The van der Waals surface area contributed by atoms with Gasteiger partial charge in [0.2, 0.25) is 10.0 Å². The van der Waals surface area contributed by atoms with E-state index in [9.17, 15) is 8.42 Å². The van der Waals surface area contributed by atoms with Gasteiger partial charge < -0.3 is 0 Å². The molecule has 0 spiro atoms. The highest BCUT2D eigenvalue weighted by Gasteiger charge is 2.35. The number of aryl methyl sites for hydroxylation is 1. The van der Waals surface area contributed by atoms with Crippen molar-refractivity contribution < 1.29 is 8.42 Å². The van der Waals surface area contributed by atoms with Crippen LogP contribution in [-0.2, 0) is 10.0 Å². The first kappa shape index (κ1) is 15.7. The maximum Gasteiger partial charge on any atom is 0.244 e. The van der Waals surface area contributed by atoms with E-state index >= 15 is 0 Å². The van der Waals surface area contributed by atoms with Crippen LogP contribution in [0.2, 0.25) is 10.0 Å². The van der Waals surface area contributed by atoms with Crippen LogP contribution in [0.3, 0.4) is 0 Å². The second-order valence-corrected chi connectivity index (χ2v) is 7.94. The molecule has 3 rings (SSSR count). The molecule has 1 aliphatic rings. The second-order valence-electron chi connectivity index (χ2n) is 5.22. The van der Waals surface area contributed by atoms with E-state index in [4.69, 9.17) is 23.2 Å². The van der Waals surface area contributed by atoms with Gasteiger partial charge in [-0.1, -0.05) is 28.4 Å². The Morgan fingerprint density at radius 1 is 1.27 bits per heavy atom. The van der Waals surface area contributed by atoms with Crippen LogP contribution in [0, 0.1) is 6.92 Å². The molecule has 0 aliphatic carbocycles. The molecule has 1 saturated heterocycles. The quantitative estimate of drug-likeness (QED) is 0.843. The fourth-order valence-electron chi connectivity index (χ4n) is 2.52. The standard InChI is InChI=1S/C13H14Cl2N4O2S/c1-9-6-13(12(15)7-11(9)14)22(20,21)18-4-2-10(8-18)19-5-3-16-17-19/h3,5-7,10H,2,4,8H2,1H3. The van der Waals surface area contributed by atoms with E-state index in [2.05, 4.69) is 10.3 Å². The van der Waals surface area contributed by atoms with Crippen molar-refractivity contribution in [3.05, 3.63) is 40.1 Å². The maximum atomic E-state index is 12.8. The first-order valence-corrected chi connectivity index (χ1v) is 8.91. The molecule has 22 heavy (non-hydrogen) atoms. The number of nitrogens with zero attached hydrogens (tertiary/aromatic N) is 4. The summed E-state index contributed by atoms with van der Waals surface area (Å²) in [4.78, 5) is 0.0929. The smallest absolute Gasteiger partial charge is 0.244 e. The molecule has 0 N–H and O–H groups in total. The van der Waals surface area contributed by atoms with Gasteiger partial charge in [-0.05, 0) is 31.0 Å². The molecule has 9 heteroatoms. The average Bonchev–Trinajstić information content (AvgIpc) is 3.12. The summed E-state index contributed by atoms with van der Waals surface area (Å²) < 4.78 is 28.7. The molecule has 1 aromatic heterocycles. The van der Waals surface area contributed by atoms with Gasteiger partial charge in [-0.15, -0.1) is 5.10 Å².